The molecule has 10 heteroatoms. The molecule has 0 saturated carbocycles. The third-order valence-electron chi connectivity index (χ3n) is 5.21. The molecule has 0 heterocycles. The van der Waals surface area contributed by atoms with E-state index >= 15 is 0 Å². The SMILES string of the molecule is C=CCN(C(=O)C(CC(N)=O)NC(=O)OC(C)(C)C)C(C(=O)NC(C)CCC)c1ccc(O)c(C)c1. The van der Waals surface area contributed by atoms with Crippen molar-refractivity contribution >= 4 is 23.8 Å². The molecule has 0 fully saturated rings. The van der Waals surface area contributed by atoms with E-state index in [1.165, 1.54) is 17.0 Å². The average Bonchev–Trinajstić information content (AvgIpc) is 2.73. The Labute approximate surface area is 213 Å². The number of aryl methyl sites for hydroxylation is 1. The highest BCUT2D eigenvalue weighted by molar-refractivity contribution is 5.94. The van der Waals surface area contributed by atoms with Crippen LogP contribution in [0.4, 0.5) is 4.79 Å². The van der Waals surface area contributed by atoms with Gasteiger partial charge in [-0.05, 0) is 64.3 Å². The molecule has 0 saturated heterocycles. The maximum absolute atomic E-state index is 13.7. The van der Waals surface area contributed by atoms with Gasteiger partial charge in [0.05, 0.1) is 6.42 Å². The van der Waals surface area contributed by atoms with E-state index in [4.69, 9.17) is 10.5 Å². The number of nitrogens with two attached hydrogens (primary N) is 1. The normalized spacial score (nSPS) is 13.6. The Morgan fingerprint density at radius 1 is 1.22 bits per heavy atom. The molecule has 5 N–H and O–H groups in total. The molecule has 1 aromatic carbocycles. The molecule has 1 rings (SSSR count). The van der Waals surface area contributed by atoms with Gasteiger partial charge in [-0.3, -0.25) is 14.4 Å². The zero-order chi connectivity index (χ0) is 27.6. The first-order valence-corrected chi connectivity index (χ1v) is 12.0. The number of phenols is 1. The molecule has 0 radical (unpaired) electrons. The first-order valence-electron chi connectivity index (χ1n) is 12.0. The Kier molecular flexibility index (Phi) is 11.4. The average molecular weight is 505 g/mol. The maximum Gasteiger partial charge on any atom is 0.408 e. The molecule has 200 valence electrons. The number of amides is 4. The zero-order valence-electron chi connectivity index (χ0n) is 22.1. The van der Waals surface area contributed by atoms with Gasteiger partial charge < -0.3 is 31.1 Å². The van der Waals surface area contributed by atoms with Gasteiger partial charge in [-0.2, -0.15) is 0 Å². The molecule has 0 spiro atoms. The van der Waals surface area contributed by atoms with Crippen LogP contribution in [0.5, 0.6) is 5.75 Å². The highest BCUT2D eigenvalue weighted by atomic mass is 16.6. The van der Waals surface area contributed by atoms with Crippen LogP contribution in [0.15, 0.2) is 30.9 Å². The number of rotatable bonds is 12. The highest BCUT2D eigenvalue weighted by Crippen LogP contribution is 2.27. The summed E-state index contributed by atoms with van der Waals surface area (Å²) in [4.78, 5) is 52.6. The van der Waals surface area contributed by atoms with Crippen molar-refractivity contribution in [1.29, 1.82) is 0 Å². The lowest BCUT2D eigenvalue weighted by atomic mass is 9.99. The van der Waals surface area contributed by atoms with E-state index in [1.54, 1.807) is 39.8 Å². The molecule has 10 nitrogen and oxygen atoms in total. The number of carbonyl (C=O) groups excluding carboxylic acids is 4. The minimum Gasteiger partial charge on any atom is -0.508 e. The Morgan fingerprint density at radius 2 is 1.86 bits per heavy atom. The molecule has 3 unspecified atom stereocenters. The summed E-state index contributed by atoms with van der Waals surface area (Å²) >= 11 is 0. The molecule has 0 aliphatic rings. The van der Waals surface area contributed by atoms with Crippen molar-refractivity contribution in [3.05, 3.63) is 42.0 Å². The molecule has 36 heavy (non-hydrogen) atoms. The lowest BCUT2D eigenvalue weighted by Gasteiger charge is -2.34. The monoisotopic (exact) mass is 504 g/mol. The standard InChI is InChI=1S/C26H40N4O6/c1-8-10-17(4)28-23(33)22(18-11-12-20(31)16(3)14-18)30(13-9-2)24(34)19(15-21(27)32)29-25(35)36-26(5,6)7/h9,11-12,14,17,19,22,31H,2,8,10,13,15H2,1,3-7H3,(H2,27,32)(H,28,33)(H,29,35). The fraction of sp³-hybridized carbons (Fsp3) is 0.538. The minimum absolute atomic E-state index is 0.0389. The molecular formula is C26H40N4O6. The Balaban J connectivity index is 3.50. The van der Waals surface area contributed by atoms with E-state index in [1.807, 2.05) is 13.8 Å². The molecule has 0 aliphatic heterocycles. The molecule has 4 amide bonds. The summed E-state index contributed by atoms with van der Waals surface area (Å²) in [6.45, 7) is 14.1. The Morgan fingerprint density at radius 3 is 2.36 bits per heavy atom. The van der Waals surface area contributed by atoms with Crippen molar-refractivity contribution in [2.75, 3.05) is 6.54 Å². The van der Waals surface area contributed by atoms with Gasteiger partial charge >= 0.3 is 6.09 Å². The van der Waals surface area contributed by atoms with E-state index in [0.717, 1.165) is 12.8 Å². The van der Waals surface area contributed by atoms with Crippen LogP contribution in [0.2, 0.25) is 0 Å². The molecule has 0 aromatic heterocycles. The number of nitrogens with one attached hydrogen (secondary N) is 2. The fourth-order valence-electron chi connectivity index (χ4n) is 3.66. The van der Waals surface area contributed by atoms with Gasteiger partial charge in [-0.15, -0.1) is 6.58 Å². The predicted molar refractivity (Wildman–Crippen MR) is 137 cm³/mol. The van der Waals surface area contributed by atoms with Crippen LogP contribution in [0, 0.1) is 6.92 Å². The largest absolute Gasteiger partial charge is 0.508 e. The quantitative estimate of drug-likeness (QED) is 0.321. The number of phenolic OH excluding ortho intramolecular Hbond substituents is 1. The summed E-state index contributed by atoms with van der Waals surface area (Å²) in [5.41, 5.74) is 5.48. The lowest BCUT2D eigenvalue weighted by Crippen LogP contribution is -2.54. The highest BCUT2D eigenvalue weighted by Gasteiger charge is 2.37. The summed E-state index contributed by atoms with van der Waals surface area (Å²) in [7, 11) is 0. The van der Waals surface area contributed by atoms with Gasteiger partial charge in [0, 0.05) is 12.6 Å². The van der Waals surface area contributed by atoms with Crippen LogP contribution in [0.1, 0.15) is 71.0 Å². The van der Waals surface area contributed by atoms with Crippen LogP contribution in [0.3, 0.4) is 0 Å². The number of hydrogen-bond acceptors (Lipinski definition) is 6. The van der Waals surface area contributed by atoms with Crippen molar-refractivity contribution in [2.45, 2.75) is 84.5 Å². The second-order valence-electron chi connectivity index (χ2n) is 9.80. The summed E-state index contributed by atoms with van der Waals surface area (Å²) in [6, 6.07) is 1.92. The van der Waals surface area contributed by atoms with Crippen molar-refractivity contribution in [1.82, 2.24) is 15.5 Å². The molecular weight excluding hydrogens is 464 g/mol. The van der Waals surface area contributed by atoms with Gasteiger partial charge in [0.15, 0.2) is 0 Å². The van der Waals surface area contributed by atoms with Gasteiger partial charge in [0.1, 0.15) is 23.4 Å². The van der Waals surface area contributed by atoms with Crippen LogP contribution in [0.25, 0.3) is 0 Å². The summed E-state index contributed by atoms with van der Waals surface area (Å²) in [5.74, 6) is -1.95. The van der Waals surface area contributed by atoms with Gasteiger partial charge in [-0.1, -0.05) is 25.5 Å². The molecule has 1 aromatic rings. The minimum atomic E-state index is -1.38. The van der Waals surface area contributed by atoms with E-state index < -0.39 is 47.9 Å². The number of hydrogen-bond donors (Lipinski definition) is 4. The smallest absolute Gasteiger partial charge is 0.408 e. The van der Waals surface area contributed by atoms with Crippen LogP contribution < -0.4 is 16.4 Å². The number of benzene rings is 1. The lowest BCUT2D eigenvalue weighted by molar-refractivity contribution is -0.143. The third kappa shape index (κ3) is 9.59. The van der Waals surface area contributed by atoms with E-state index in [9.17, 15) is 24.3 Å². The van der Waals surface area contributed by atoms with Crippen LogP contribution in [-0.2, 0) is 19.1 Å². The summed E-state index contributed by atoms with van der Waals surface area (Å²) < 4.78 is 5.24. The number of aromatic hydroxyl groups is 1. The van der Waals surface area contributed by atoms with Gasteiger partial charge in [0.2, 0.25) is 17.7 Å². The van der Waals surface area contributed by atoms with E-state index in [0.29, 0.717) is 11.1 Å². The van der Waals surface area contributed by atoms with Crippen molar-refractivity contribution in [2.24, 2.45) is 5.73 Å². The number of nitrogens with zero attached hydrogens (tertiary/aromatic N) is 1. The Bertz CT molecular complexity index is 956. The molecule has 0 aliphatic carbocycles. The first kappa shape index (κ1) is 30.5. The summed E-state index contributed by atoms with van der Waals surface area (Å²) in [5, 5.41) is 15.3. The second-order valence-corrected chi connectivity index (χ2v) is 9.80. The number of alkyl carbamates (subject to hydrolysis) is 1. The van der Waals surface area contributed by atoms with Gasteiger partial charge in [0.25, 0.3) is 0 Å². The van der Waals surface area contributed by atoms with Gasteiger partial charge in [-0.25, -0.2) is 4.79 Å². The predicted octanol–water partition coefficient (Wildman–Crippen LogP) is 2.83. The molecule has 0 bridgehead atoms. The van der Waals surface area contributed by atoms with E-state index in [2.05, 4.69) is 17.2 Å². The fourth-order valence-corrected chi connectivity index (χ4v) is 3.66. The molecule has 3 atom stereocenters. The maximum atomic E-state index is 13.7. The topological polar surface area (TPSA) is 151 Å². The van der Waals surface area contributed by atoms with Crippen LogP contribution >= 0.6 is 0 Å². The second kappa shape index (κ2) is 13.5. The van der Waals surface area contributed by atoms with Crippen LogP contribution in [-0.4, -0.2) is 58.1 Å². The summed E-state index contributed by atoms with van der Waals surface area (Å²) in [6.07, 6.45) is 1.61. The van der Waals surface area contributed by atoms with Crippen molar-refractivity contribution in [3.8, 4) is 5.75 Å². The third-order valence-corrected chi connectivity index (χ3v) is 5.21. The van der Waals surface area contributed by atoms with Crippen molar-refractivity contribution < 1.29 is 29.0 Å². The number of primary amides is 1. The van der Waals surface area contributed by atoms with E-state index in [-0.39, 0.29) is 18.3 Å². The number of carbonyl (C=O) groups is 4. The number of ether oxygens (including phenoxy) is 1. The van der Waals surface area contributed by atoms with Crippen molar-refractivity contribution in [3.63, 3.8) is 0 Å². The Hall–Kier alpha value is -3.56. The first-order chi connectivity index (χ1) is 16.7. The zero-order valence-corrected chi connectivity index (χ0v) is 22.1.